The molecule has 156 valence electrons. The van der Waals surface area contributed by atoms with Gasteiger partial charge in [-0.1, -0.05) is 54.6 Å². The van der Waals surface area contributed by atoms with Crippen LogP contribution >= 0.6 is 0 Å². The highest BCUT2D eigenvalue weighted by Gasteiger charge is 2.33. The largest absolute Gasteiger partial charge is 0.372 e. The van der Waals surface area contributed by atoms with Crippen molar-refractivity contribution < 1.29 is 19.1 Å². The minimum atomic E-state index is -0.389. The van der Waals surface area contributed by atoms with Crippen LogP contribution in [0.15, 0.2) is 72.8 Å². The molecule has 3 aromatic carbocycles. The molecule has 6 heteroatoms. The molecular weight excluding hydrogens is 392 g/mol. The average molecular weight is 414 g/mol. The minimum absolute atomic E-state index is 0.264. The number of benzene rings is 3. The number of rotatable bonds is 7. The van der Waals surface area contributed by atoms with E-state index in [-0.39, 0.29) is 23.3 Å². The summed E-state index contributed by atoms with van der Waals surface area (Å²) in [7, 11) is 1.43. The third-order valence-electron chi connectivity index (χ3n) is 5.21. The van der Waals surface area contributed by atoms with Crippen molar-refractivity contribution in [3.8, 4) is 0 Å². The predicted octanol–water partition coefficient (Wildman–Crippen LogP) is 3.56. The standard InChI is InChI=1S/C25H22N2O4/c1-27-24(29)21-12-11-20(13-22(21)25(27)30)23(28)26-14-17-7-9-19(10-8-17)16-31-15-18-5-3-2-4-6-18/h2-13H,14-16H2,1H3,(H,26,28). The highest BCUT2D eigenvalue weighted by molar-refractivity contribution is 6.21. The van der Waals surface area contributed by atoms with E-state index in [1.807, 2.05) is 54.6 Å². The third-order valence-corrected chi connectivity index (χ3v) is 5.21. The SMILES string of the molecule is CN1C(=O)c2ccc(C(=O)NCc3ccc(COCc4ccccc4)cc3)cc2C1=O. The third kappa shape index (κ3) is 4.54. The maximum Gasteiger partial charge on any atom is 0.261 e. The summed E-state index contributed by atoms with van der Waals surface area (Å²) in [5, 5.41) is 2.85. The van der Waals surface area contributed by atoms with Gasteiger partial charge in [0.05, 0.1) is 24.3 Å². The number of ether oxygens (including phenoxy) is 1. The van der Waals surface area contributed by atoms with Gasteiger partial charge in [-0.25, -0.2) is 0 Å². The number of imide groups is 1. The predicted molar refractivity (Wildman–Crippen MR) is 115 cm³/mol. The fourth-order valence-electron chi connectivity index (χ4n) is 3.40. The second-order valence-electron chi connectivity index (χ2n) is 7.41. The van der Waals surface area contributed by atoms with Crippen molar-refractivity contribution in [3.05, 3.63) is 106 Å². The lowest BCUT2D eigenvalue weighted by Crippen LogP contribution is -2.24. The molecule has 3 aromatic rings. The Morgan fingerprint density at radius 3 is 2.13 bits per heavy atom. The summed E-state index contributed by atoms with van der Waals surface area (Å²) >= 11 is 0. The van der Waals surface area contributed by atoms with Gasteiger partial charge in [0.1, 0.15) is 0 Å². The van der Waals surface area contributed by atoms with E-state index in [4.69, 9.17) is 4.74 Å². The number of nitrogens with one attached hydrogen (secondary N) is 1. The van der Waals surface area contributed by atoms with Gasteiger partial charge in [-0.2, -0.15) is 0 Å². The number of hydrogen-bond donors (Lipinski definition) is 1. The van der Waals surface area contributed by atoms with Gasteiger partial charge in [-0.15, -0.1) is 0 Å². The molecule has 1 aliphatic heterocycles. The lowest BCUT2D eigenvalue weighted by atomic mass is 10.1. The Morgan fingerprint density at radius 1 is 0.806 bits per heavy atom. The summed E-state index contributed by atoms with van der Waals surface area (Å²) < 4.78 is 5.74. The Morgan fingerprint density at radius 2 is 1.42 bits per heavy atom. The molecule has 0 radical (unpaired) electrons. The molecule has 0 spiro atoms. The van der Waals surface area contributed by atoms with Crippen molar-refractivity contribution in [1.82, 2.24) is 10.2 Å². The van der Waals surface area contributed by atoms with Crippen molar-refractivity contribution in [3.63, 3.8) is 0 Å². The van der Waals surface area contributed by atoms with Gasteiger partial charge in [0.15, 0.2) is 0 Å². The first kappa shape index (κ1) is 20.5. The molecule has 1 N–H and O–H groups in total. The number of fused-ring (bicyclic) bond motifs is 1. The van der Waals surface area contributed by atoms with E-state index in [2.05, 4.69) is 5.32 Å². The zero-order valence-electron chi connectivity index (χ0n) is 17.1. The van der Waals surface area contributed by atoms with Gasteiger partial charge in [0.2, 0.25) is 0 Å². The Labute approximate surface area is 180 Å². The second-order valence-corrected chi connectivity index (χ2v) is 7.41. The van der Waals surface area contributed by atoms with Gasteiger partial charge in [-0.05, 0) is 34.9 Å². The quantitative estimate of drug-likeness (QED) is 0.600. The second kappa shape index (κ2) is 8.93. The highest BCUT2D eigenvalue weighted by atomic mass is 16.5. The van der Waals surface area contributed by atoms with E-state index in [0.717, 1.165) is 21.6 Å². The highest BCUT2D eigenvalue weighted by Crippen LogP contribution is 2.22. The number of amides is 3. The first-order valence-electron chi connectivity index (χ1n) is 9.97. The molecule has 6 nitrogen and oxygen atoms in total. The van der Waals surface area contributed by atoms with Crippen LogP contribution < -0.4 is 5.32 Å². The summed E-state index contributed by atoms with van der Waals surface area (Å²) in [6.45, 7) is 1.43. The molecule has 1 aliphatic rings. The summed E-state index contributed by atoms with van der Waals surface area (Å²) in [6.07, 6.45) is 0. The molecular formula is C25H22N2O4. The van der Waals surface area contributed by atoms with Crippen LogP contribution in [0, 0.1) is 0 Å². The van der Waals surface area contributed by atoms with Crippen LogP contribution in [0.2, 0.25) is 0 Å². The normalized spacial score (nSPS) is 12.7. The summed E-state index contributed by atoms with van der Waals surface area (Å²) in [4.78, 5) is 37.6. The van der Waals surface area contributed by atoms with E-state index >= 15 is 0 Å². The average Bonchev–Trinajstić information content (AvgIpc) is 3.02. The first-order chi connectivity index (χ1) is 15.0. The van der Waals surface area contributed by atoms with Crippen LogP contribution in [-0.2, 0) is 24.5 Å². The van der Waals surface area contributed by atoms with Crippen LogP contribution in [0.1, 0.15) is 47.8 Å². The smallest absolute Gasteiger partial charge is 0.261 e. The molecule has 0 fully saturated rings. The summed E-state index contributed by atoms with van der Waals surface area (Å²) in [6, 6.07) is 22.4. The minimum Gasteiger partial charge on any atom is -0.372 e. The Balaban J connectivity index is 1.30. The molecule has 0 unspecified atom stereocenters. The van der Waals surface area contributed by atoms with Crippen molar-refractivity contribution in [2.24, 2.45) is 0 Å². The molecule has 4 rings (SSSR count). The molecule has 1 heterocycles. The van der Waals surface area contributed by atoms with Crippen LogP contribution in [0.5, 0.6) is 0 Å². The zero-order valence-corrected chi connectivity index (χ0v) is 17.1. The van der Waals surface area contributed by atoms with Crippen molar-refractivity contribution in [2.45, 2.75) is 19.8 Å². The maximum absolute atomic E-state index is 12.5. The number of carbonyl (C=O) groups is 3. The fraction of sp³-hybridized carbons (Fsp3) is 0.160. The van der Waals surface area contributed by atoms with E-state index in [1.54, 1.807) is 6.07 Å². The summed E-state index contributed by atoms with van der Waals surface area (Å²) in [5.41, 5.74) is 4.07. The zero-order chi connectivity index (χ0) is 21.8. The topological polar surface area (TPSA) is 75.7 Å². The van der Waals surface area contributed by atoms with Crippen LogP contribution in [0.4, 0.5) is 0 Å². The van der Waals surface area contributed by atoms with Crippen LogP contribution in [0.25, 0.3) is 0 Å². The van der Waals surface area contributed by atoms with E-state index in [9.17, 15) is 14.4 Å². The Hall–Kier alpha value is -3.77. The number of hydrogen-bond acceptors (Lipinski definition) is 4. The molecule has 3 amide bonds. The van der Waals surface area contributed by atoms with E-state index in [0.29, 0.717) is 30.9 Å². The van der Waals surface area contributed by atoms with E-state index < -0.39 is 0 Å². The molecule has 0 saturated heterocycles. The van der Waals surface area contributed by atoms with Crippen LogP contribution in [0.3, 0.4) is 0 Å². The molecule has 0 bridgehead atoms. The van der Waals surface area contributed by atoms with Crippen molar-refractivity contribution in [2.75, 3.05) is 7.05 Å². The van der Waals surface area contributed by atoms with Gasteiger partial charge in [-0.3, -0.25) is 19.3 Å². The van der Waals surface area contributed by atoms with Crippen molar-refractivity contribution >= 4 is 17.7 Å². The number of carbonyl (C=O) groups excluding carboxylic acids is 3. The Kier molecular flexibility index (Phi) is 5.91. The molecule has 0 aromatic heterocycles. The molecule has 0 atom stereocenters. The van der Waals surface area contributed by atoms with Crippen molar-refractivity contribution in [1.29, 1.82) is 0 Å². The van der Waals surface area contributed by atoms with Gasteiger partial charge >= 0.3 is 0 Å². The first-order valence-corrected chi connectivity index (χ1v) is 9.97. The lowest BCUT2D eigenvalue weighted by molar-refractivity contribution is 0.0693. The monoisotopic (exact) mass is 414 g/mol. The fourth-order valence-corrected chi connectivity index (χ4v) is 3.40. The molecule has 0 aliphatic carbocycles. The van der Waals surface area contributed by atoms with E-state index in [1.165, 1.54) is 19.2 Å². The molecule has 0 saturated carbocycles. The Bertz CT molecular complexity index is 1120. The maximum atomic E-state index is 12.5. The number of nitrogens with zero attached hydrogens (tertiary/aromatic N) is 1. The van der Waals surface area contributed by atoms with Gasteiger partial charge in [0, 0.05) is 19.2 Å². The van der Waals surface area contributed by atoms with Gasteiger partial charge in [0.25, 0.3) is 17.7 Å². The van der Waals surface area contributed by atoms with Gasteiger partial charge < -0.3 is 10.1 Å². The molecule has 31 heavy (non-hydrogen) atoms. The van der Waals surface area contributed by atoms with Crippen LogP contribution in [-0.4, -0.2) is 29.7 Å². The lowest BCUT2D eigenvalue weighted by Gasteiger charge is -2.08. The summed E-state index contributed by atoms with van der Waals surface area (Å²) in [5.74, 6) is -1.03.